The van der Waals surface area contributed by atoms with Gasteiger partial charge in [0.15, 0.2) is 11.6 Å². The zero-order valence-electron chi connectivity index (χ0n) is 11.0. The molecule has 1 aromatic rings. The molecular formula is C13H15F2N3O2. The zero-order chi connectivity index (χ0) is 14.9. The molecule has 1 aliphatic rings. The largest absolute Gasteiger partial charge is 0.335 e. The van der Waals surface area contributed by atoms with E-state index in [1.54, 1.807) is 7.05 Å². The Hall–Kier alpha value is -2.02. The average molecular weight is 283 g/mol. The summed E-state index contributed by atoms with van der Waals surface area (Å²) in [5.41, 5.74) is 6.26. The molecule has 1 saturated heterocycles. The SMILES string of the molecule is CN1CC(=O)N(CC(N)c2ccc(F)c(F)c2)CC1=O. The van der Waals surface area contributed by atoms with E-state index in [4.69, 9.17) is 5.73 Å². The molecule has 2 N–H and O–H groups in total. The molecule has 2 amide bonds. The van der Waals surface area contributed by atoms with Crippen LogP contribution < -0.4 is 5.73 Å². The Labute approximate surface area is 114 Å². The quantitative estimate of drug-likeness (QED) is 0.865. The van der Waals surface area contributed by atoms with Gasteiger partial charge in [0, 0.05) is 19.6 Å². The summed E-state index contributed by atoms with van der Waals surface area (Å²) in [5, 5.41) is 0. The van der Waals surface area contributed by atoms with Gasteiger partial charge in [-0.15, -0.1) is 0 Å². The third-order valence-electron chi connectivity index (χ3n) is 3.27. The Bertz CT molecular complexity index is 550. The minimum Gasteiger partial charge on any atom is -0.335 e. The van der Waals surface area contributed by atoms with Crippen molar-refractivity contribution in [3.63, 3.8) is 0 Å². The van der Waals surface area contributed by atoms with Gasteiger partial charge in [-0.05, 0) is 17.7 Å². The first-order valence-corrected chi connectivity index (χ1v) is 6.10. The minimum atomic E-state index is -0.987. The summed E-state index contributed by atoms with van der Waals surface area (Å²) >= 11 is 0. The molecule has 5 nitrogen and oxygen atoms in total. The molecule has 7 heteroatoms. The number of nitrogens with two attached hydrogens (primary N) is 1. The van der Waals surface area contributed by atoms with Gasteiger partial charge < -0.3 is 15.5 Å². The molecule has 0 spiro atoms. The highest BCUT2D eigenvalue weighted by molar-refractivity contribution is 5.92. The van der Waals surface area contributed by atoms with Crippen LogP contribution in [0.1, 0.15) is 11.6 Å². The Morgan fingerprint density at radius 1 is 1.20 bits per heavy atom. The summed E-state index contributed by atoms with van der Waals surface area (Å²) in [4.78, 5) is 26.0. The maximum absolute atomic E-state index is 13.1. The molecule has 1 aliphatic heterocycles. The van der Waals surface area contributed by atoms with Gasteiger partial charge in [0.25, 0.3) is 0 Å². The standard InChI is InChI=1S/C13H15F2N3O2/c1-17-6-13(20)18(7-12(17)19)5-11(16)8-2-3-9(14)10(15)4-8/h2-4,11H,5-7,16H2,1H3. The highest BCUT2D eigenvalue weighted by Gasteiger charge is 2.28. The van der Waals surface area contributed by atoms with Crippen molar-refractivity contribution in [2.24, 2.45) is 5.73 Å². The number of carbonyl (C=O) groups excluding carboxylic acids is 2. The molecule has 1 unspecified atom stereocenters. The number of hydrogen-bond donors (Lipinski definition) is 1. The molecule has 0 aromatic heterocycles. The second-order valence-corrected chi connectivity index (χ2v) is 4.80. The number of halogens is 2. The topological polar surface area (TPSA) is 66.6 Å². The Kier molecular flexibility index (Phi) is 3.99. The van der Waals surface area contributed by atoms with Crippen LogP contribution in [-0.2, 0) is 9.59 Å². The summed E-state index contributed by atoms with van der Waals surface area (Å²) in [6, 6.07) is 2.68. The van der Waals surface area contributed by atoms with E-state index in [1.165, 1.54) is 15.9 Å². The minimum absolute atomic E-state index is 0.00331. The van der Waals surface area contributed by atoms with Gasteiger partial charge in [0.2, 0.25) is 11.8 Å². The molecule has 1 heterocycles. The van der Waals surface area contributed by atoms with Crippen LogP contribution in [0, 0.1) is 11.6 Å². The number of carbonyl (C=O) groups is 2. The van der Waals surface area contributed by atoms with Crippen molar-refractivity contribution in [1.82, 2.24) is 9.80 Å². The normalized spacial score (nSPS) is 17.6. The van der Waals surface area contributed by atoms with Crippen LogP contribution in [0.2, 0.25) is 0 Å². The number of likely N-dealkylation sites (N-methyl/N-ethyl adjacent to an activating group) is 1. The highest BCUT2D eigenvalue weighted by Crippen LogP contribution is 2.16. The Morgan fingerprint density at radius 3 is 2.55 bits per heavy atom. The monoisotopic (exact) mass is 283 g/mol. The molecule has 0 bridgehead atoms. The summed E-state index contributed by atoms with van der Waals surface area (Å²) < 4.78 is 26.0. The first-order valence-electron chi connectivity index (χ1n) is 6.10. The van der Waals surface area contributed by atoms with Crippen molar-refractivity contribution < 1.29 is 18.4 Å². The zero-order valence-corrected chi connectivity index (χ0v) is 11.0. The van der Waals surface area contributed by atoms with Crippen molar-refractivity contribution in [3.05, 3.63) is 35.4 Å². The first-order chi connectivity index (χ1) is 9.38. The van der Waals surface area contributed by atoms with Crippen LogP contribution >= 0.6 is 0 Å². The first kappa shape index (κ1) is 14.4. The molecule has 1 atom stereocenters. The highest BCUT2D eigenvalue weighted by atomic mass is 19.2. The Balaban J connectivity index is 2.07. The van der Waals surface area contributed by atoms with Crippen LogP contribution in [0.25, 0.3) is 0 Å². The van der Waals surface area contributed by atoms with Crippen LogP contribution in [0.4, 0.5) is 8.78 Å². The van der Waals surface area contributed by atoms with E-state index in [2.05, 4.69) is 0 Å². The van der Waals surface area contributed by atoms with E-state index < -0.39 is 17.7 Å². The fraction of sp³-hybridized carbons (Fsp3) is 0.385. The van der Waals surface area contributed by atoms with Gasteiger partial charge in [0.05, 0.1) is 13.1 Å². The third-order valence-corrected chi connectivity index (χ3v) is 3.27. The van der Waals surface area contributed by atoms with Gasteiger partial charge in [-0.25, -0.2) is 8.78 Å². The molecule has 20 heavy (non-hydrogen) atoms. The second kappa shape index (κ2) is 5.54. The predicted molar refractivity (Wildman–Crippen MR) is 67.5 cm³/mol. The number of benzene rings is 1. The summed E-state index contributed by atoms with van der Waals surface area (Å²) in [7, 11) is 1.55. The molecule has 0 aliphatic carbocycles. The van der Waals surface area contributed by atoms with Crippen LogP contribution in [0.5, 0.6) is 0 Å². The molecule has 0 saturated carbocycles. The fourth-order valence-electron chi connectivity index (χ4n) is 2.02. The van der Waals surface area contributed by atoms with Gasteiger partial charge in [-0.1, -0.05) is 6.07 Å². The number of piperazine rings is 1. The van der Waals surface area contributed by atoms with E-state index in [1.807, 2.05) is 0 Å². The van der Waals surface area contributed by atoms with Crippen LogP contribution in [-0.4, -0.2) is 48.3 Å². The maximum Gasteiger partial charge on any atom is 0.242 e. The predicted octanol–water partition coefficient (Wildman–Crippen LogP) is 0.265. The van der Waals surface area contributed by atoms with E-state index in [0.29, 0.717) is 5.56 Å². The van der Waals surface area contributed by atoms with Crippen molar-refractivity contribution >= 4 is 11.8 Å². The lowest BCUT2D eigenvalue weighted by atomic mass is 10.1. The van der Waals surface area contributed by atoms with Crippen molar-refractivity contribution in [1.29, 1.82) is 0 Å². The van der Waals surface area contributed by atoms with Gasteiger partial charge in [0.1, 0.15) is 0 Å². The van der Waals surface area contributed by atoms with Gasteiger partial charge >= 0.3 is 0 Å². The van der Waals surface area contributed by atoms with Crippen LogP contribution in [0.3, 0.4) is 0 Å². The summed E-state index contributed by atoms with van der Waals surface area (Å²) in [5.74, 6) is -2.34. The molecule has 2 rings (SSSR count). The molecular weight excluding hydrogens is 268 g/mol. The molecule has 0 radical (unpaired) electrons. The molecule has 108 valence electrons. The molecule has 1 aromatic carbocycles. The lowest BCUT2D eigenvalue weighted by Gasteiger charge is -2.33. The van der Waals surface area contributed by atoms with Gasteiger partial charge in [-0.3, -0.25) is 9.59 Å². The fourth-order valence-corrected chi connectivity index (χ4v) is 2.02. The van der Waals surface area contributed by atoms with Crippen molar-refractivity contribution in [2.75, 3.05) is 26.7 Å². The number of amides is 2. The van der Waals surface area contributed by atoms with E-state index in [0.717, 1.165) is 12.1 Å². The van der Waals surface area contributed by atoms with E-state index >= 15 is 0 Å². The number of nitrogens with zero attached hydrogens (tertiary/aromatic N) is 2. The van der Waals surface area contributed by atoms with Crippen molar-refractivity contribution in [2.45, 2.75) is 6.04 Å². The number of hydrogen-bond acceptors (Lipinski definition) is 3. The smallest absolute Gasteiger partial charge is 0.242 e. The average Bonchev–Trinajstić information content (AvgIpc) is 2.39. The lowest BCUT2D eigenvalue weighted by molar-refractivity contribution is -0.148. The lowest BCUT2D eigenvalue weighted by Crippen LogP contribution is -2.53. The van der Waals surface area contributed by atoms with Crippen molar-refractivity contribution in [3.8, 4) is 0 Å². The van der Waals surface area contributed by atoms with E-state index in [9.17, 15) is 18.4 Å². The maximum atomic E-state index is 13.1. The molecule has 1 fully saturated rings. The second-order valence-electron chi connectivity index (χ2n) is 4.80. The van der Waals surface area contributed by atoms with E-state index in [-0.39, 0.29) is 31.4 Å². The van der Waals surface area contributed by atoms with Crippen LogP contribution in [0.15, 0.2) is 18.2 Å². The number of rotatable bonds is 3. The summed E-state index contributed by atoms with van der Waals surface area (Å²) in [6.45, 7) is 0.0412. The van der Waals surface area contributed by atoms with Gasteiger partial charge in [-0.2, -0.15) is 0 Å². The third kappa shape index (κ3) is 2.93. The summed E-state index contributed by atoms with van der Waals surface area (Å²) in [6.07, 6.45) is 0. The Morgan fingerprint density at radius 2 is 1.90 bits per heavy atom.